The lowest BCUT2D eigenvalue weighted by molar-refractivity contribution is -0.122. The molecule has 2 aromatic carbocycles. The Kier molecular flexibility index (Phi) is 4.61. The van der Waals surface area contributed by atoms with Crippen LogP contribution in [0.1, 0.15) is 5.56 Å². The standard InChI is InChI=1S/C17H10BrClN2O4/c18-10-1-4-12(5-2-10)21-16(24)13(15(23)20-17(21)25)8-9-7-11(19)3-6-14(9)22/h1-8,22H,(H,20,23,25)/b13-8+. The van der Waals surface area contributed by atoms with Gasteiger partial charge in [-0.2, -0.15) is 0 Å². The van der Waals surface area contributed by atoms with Gasteiger partial charge in [-0.1, -0.05) is 27.5 Å². The summed E-state index contributed by atoms with van der Waals surface area (Å²) in [7, 11) is 0. The van der Waals surface area contributed by atoms with Crippen molar-refractivity contribution in [2.24, 2.45) is 0 Å². The van der Waals surface area contributed by atoms with Crippen LogP contribution < -0.4 is 10.2 Å². The van der Waals surface area contributed by atoms with E-state index in [9.17, 15) is 19.5 Å². The fraction of sp³-hybridized carbons (Fsp3) is 0. The molecule has 1 saturated heterocycles. The van der Waals surface area contributed by atoms with Crippen LogP contribution >= 0.6 is 27.5 Å². The van der Waals surface area contributed by atoms with Gasteiger partial charge in [0, 0.05) is 15.1 Å². The quantitative estimate of drug-likeness (QED) is 0.574. The molecule has 0 saturated carbocycles. The molecule has 1 heterocycles. The first-order valence-electron chi connectivity index (χ1n) is 7.02. The second kappa shape index (κ2) is 6.70. The number of nitrogens with one attached hydrogen (secondary N) is 1. The van der Waals surface area contributed by atoms with Crippen LogP contribution in [0.25, 0.3) is 6.08 Å². The predicted octanol–water partition coefficient (Wildman–Crippen LogP) is 3.47. The summed E-state index contributed by atoms with van der Waals surface area (Å²) < 4.78 is 0.775. The predicted molar refractivity (Wildman–Crippen MR) is 96.3 cm³/mol. The van der Waals surface area contributed by atoms with E-state index in [0.717, 1.165) is 9.37 Å². The van der Waals surface area contributed by atoms with E-state index in [1.54, 1.807) is 24.3 Å². The number of phenolic OH excluding ortho intramolecular Hbond substituents is 1. The number of anilines is 1. The number of carbonyl (C=O) groups is 3. The number of amides is 4. The van der Waals surface area contributed by atoms with Crippen molar-refractivity contribution >= 4 is 57.1 Å². The Morgan fingerprint density at radius 2 is 1.76 bits per heavy atom. The fourth-order valence-electron chi connectivity index (χ4n) is 2.28. The van der Waals surface area contributed by atoms with E-state index in [2.05, 4.69) is 21.2 Å². The molecule has 0 spiro atoms. The second-order valence-electron chi connectivity index (χ2n) is 5.14. The van der Waals surface area contributed by atoms with Gasteiger partial charge >= 0.3 is 6.03 Å². The number of carbonyl (C=O) groups excluding carboxylic acids is 3. The molecule has 2 aromatic rings. The smallest absolute Gasteiger partial charge is 0.335 e. The molecule has 0 bridgehead atoms. The molecule has 1 fully saturated rings. The topological polar surface area (TPSA) is 86.7 Å². The number of aromatic hydroxyl groups is 1. The highest BCUT2D eigenvalue weighted by Crippen LogP contribution is 2.27. The molecule has 0 aliphatic carbocycles. The van der Waals surface area contributed by atoms with Crippen molar-refractivity contribution in [3.8, 4) is 5.75 Å². The van der Waals surface area contributed by atoms with Gasteiger partial charge in [-0.15, -0.1) is 0 Å². The Morgan fingerprint density at radius 3 is 2.44 bits per heavy atom. The third-order valence-corrected chi connectivity index (χ3v) is 4.24. The molecule has 0 atom stereocenters. The van der Waals surface area contributed by atoms with Crippen molar-refractivity contribution in [1.82, 2.24) is 5.32 Å². The molecule has 25 heavy (non-hydrogen) atoms. The minimum absolute atomic E-state index is 0.149. The van der Waals surface area contributed by atoms with Crippen LogP contribution in [0.15, 0.2) is 52.5 Å². The van der Waals surface area contributed by atoms with Crippen LogP contribution in [0.4, 0.5) is 10.5 Å². The minimum atomic E-state index is -0.845. The fourth-order valence-corrected chi connectivity index (χ4v) is 2.72. The maximum Gasteiger partial charge on any atom is 0.335 e. The van der Waals surface area contributed by atoms with Crippen LogP contribution in [-0.4, -0.2) is 23.0 Å². The maximum absolute atomic E-state index is 12.7. The van der Waals surface area contributed by atoms with Gasteiger partial charge in [-0.3, -0.25) is 14.9 Å². The number of halogens is 2. The Bertz CT molecular complexity index is 925. The Morgan fingerprint density at radius 1 is 1.08 bits per heavy atom. The summed E-state index contributed by atoms with van der Waals surface area (Å²) in [5, 5.41) is 12.3. The van der Waals surface area contributed by atoms with Crippen molar-refractivity contribution in [3.63, 3.8) is 0 Å². The first-order valence-corrected chi connectivity index (χ1v) is 8.19. The molecule has 0 aromatic heterocycles. The number of rotatable bonds is 2. The van der Waals surface area contributed by atoms with Gasteiger partial charge < -0.3 is 5.11 Å². The number of barbiturate groups is 1. The zero-order valence-electron chi connectivity index (χ0n) is 12.5. The lowest BCUT2D eigenvalue weighted by atomic mass is 10.1. The van der Waals surface area contributed by atoms with E-state index in [4.69, 9.17) is 11.6 Å². The largest absolute Gasteiger partial charge is 0.507 e. The molecule has 2 N–H and O–H groups in total. The summed E-state index contributed by atoms with van der Waals surface area (Å²) >= 11 is 9.15. The maximum atomic E-state index is 12.7. The van der Waals surface area contributed by atoms with E-state index in [-0.39, 0.29) is 16.9 Å². The van der Waals surface area contributed by atoms with Crippen LogP contribution in [0.2, 0.25) is 5.02 Å². The van der Waals surface area contributed by atoms with Crippen molar-refractivity contribution in [3.05, 3.63) is 63.1 Å². The Hall–Kier alpha value is -2.64. The summed E-state index contributed by atoms with van der Waals surface area (Å²) in [5.74, 6) is -1.79. The summed E-state index contributed by atoms with van der Waals surface area (Å²) in [5.41, 5.74) is 0.204. The lowest BCUT2D eigenvalue weighted by Gasteiger charge is -2.26. The molecule has 4 amide bonds. The first kappa shape index (κ1) is 17.2. The van der Waals surface area contributed by atoms with Crippen LogP contribution in [-0.2, 0) is 9.59 Å². The molecule has 8 heteroatoms. The zero-order chi connectivity index (χ0) is 18.1. The van der Waals surface area contributed by atoms with E-state index in [0.29, 0.717) is 10.7 Å². The van der Waals surface area contributed by atoms with Gasteiger partial charge in [0.15, 0.2) is 0 Å². The van der Waals surface area contributed by atoms with Gasteiger partial charge in [-0.05, 0) is 48.5 Å². The van der Waals surface area contributed by atoms with Crippen molar-refractivity contribution in [2.75, 3.05) is 4.90 Å². The average Bonchev–Trinajstić information content (AvgIpc) is 2.56. The van der Waals surface area contributed by atoms with Crippen molar-refractivity contribution < 1.29 is 19.5 Å². The minimum Gasteiger partial charge on any atom is -0.507 e. The van der Waals surface area contributed by atoms with Gasteiger partial charge in [0.1, 0.15) is 11.3 Å². The Labute approximate surface area is 155 Å². The number of phenols is 1. The number of urea groups is 1. The zero-order valence-corrected chi connectivity index (χ0v) is 14.8. The van der Waals surface area contributed by atoms with Gasteiger partial charge in [0.25, 0.3) is 11.8 Å². The molecule has 126 valence electrons. The number of benzene rings is 2. The highest BCUT2D eigenvalue weighted by Gasteiger charge is 2.36. The average molecular weight is 422 g/mol. The number of hydrogen-bond acceptors (Lipinski definition) is 4. The summed E-state index contributed by atoms with van der Waals surface area (Å²) in [4.78, 5) is 37.7. The molecule has 1 aliphatic heterocycles. The number of nitrogens with zero attached hydrogens (tertiary/aromatic N) is 1. The molecular formula is C17H10BrClN2O4. The molecule has 6 nitrogen and oxygen atoms in total. The third kappa shape index (κ3) is 3.42. The monoisotopic (exact) mass is 420 g/mol. The van der Waals surface area contributed by atoms with Crippen LogP contribution in [0, 0.1) is 0 Å². The van der Waals surface area contributed by atoms with E-state index in [1.807, 2.05) is 0 Å². The van der Waals surface area contributed by atoms with E-state index in [1.165, 1.54) is 24.3 Å². The normalized spacial score (nSPS) is 16.3. The van der Waals surface area contributed by atoms with Gasteiger partial charge in [0.2, 0.25) is 0 Å². The SMILES string of the molecule is O=C1NC(=O)N(c2ccc(Br)cc2)C(=O)/C1=C/c1cc(Cl)ccc1O. The molecule has 3 rings (SSSR count). The summed E-state index contributed by atoms with van der Waals surface area (Å²) in [6.07, 6.45) is 1.19. The van der Waals surface area contributed by atoms with Crippen molar-refractivity contribution in [2.45, 2.75) is 0 Å². The molecular weight excluding hydrogens is 412 g/mol. The Balaban J connectivity index is 2.05. The highest BCUT2D eigenvalue weighted by molar-refractivity contribution is 9.10. The molecule has 0 unspecified atom stereocenters. The van der Waals surface area contributed by atoms with Gasteiger partial charge in [-0.25, -0.2) is 9.69 Å². The van der Waals surface area contributed by atoms with E-state index < -0.39 is 17.8 Å². The highest BCUT2D eigenvalue weighted by atomic mass is 79.9. The van der Waals surface area contributed by atoms with Crippen LogP contribution in [0.3, 0.4) is 0 Å². The number of hydrogen-bond donors (Lipinski definition) is 2. The van der Waals surface area contributed by atoms with Crippen LogP contribution in [0.5, 0.6) is 5.75 Å². The van der Waals surface area contributed by atoms with Crippen molar-refractivity contribution in [1.29, 1.82) is 0 Å². The third-order valence-electron chi connectivity index (χ3n) is 3.48. The lowest BCUT2D eigenvalue weighted by Crippen LogP contribution is -2.54. The second-order valence-corrected chi connectivity index (χ2v) is 6.49. The van der Waals surface area contributed by atoms with E-state index >= 15 is 0 Å². The molecule has 0 radical (unpaired) electrons. The summed E-state index contributed by atoms with van der Waals surface area (Å²) in [6, 6.07) is 9.83. The first-order chi connectivity index (χ1) is 11.9. The summed E-state index contributed by atoms with van der Waals surface area (Å²) in [6.45, 7) is 0. The van der Waals surface area contributed by atoms with Gasteiger partial charge in [0.05, 0.1) is 5.69 Å². The number of imide groups is 2. The molecule has 1 aliphatic rings.